The van der Waals surface area contributed by atoms with Crippen molar-refractivity contribution in [1.82, 2.24) is 0 Å². The van der Waals surface area contributed by atoms with Crippen LogP contribution in [0.5, 0.6) is 11.5 Å². The summed E-state index contributed by atoms with van der Waals surface area (Å²) in [7, 11) is 0. The van der Waals surface area contributed by atoms with Crippen LogP contribution < -0.4 is 4.74 Å². The van der Waals surface area contributed by atoms with Gasteiger partial charge in [-0.3, -0.25) is 4.79 Å². The van der Waals surface area contributed by atoms with E-state index >= 15 is 0 Å². The van der Waals surface area contributed by atoms with Gasteiger partial charge in [-0.25, -0.2) is 0 Å². The predicted molar refractivity (Wildman–Crippen MR) is 93.7 cm³/mol. The van der Waals surface area contributed by atoms with Crippen molar-refractivity contribution in [3.8, 4) is 11.5 Å². The highest BCUT2D eigenvalue weighted by Crippen LogP contribution is 2.54. The van der Waals surface area contributed by atoms with Crippen molar-refractivity contribution in [3.05, 3.63) is 23.3 Å². The Hall–Kier alpha value is -1.51. The average molecular weight is 328 g/mol. The molecule has 0 unspecified atom stereocenters. The highest BCUT2D eigenvalue weighted by atomic mass is 16.5. The third-order valence-electron chi connectivity index (χ3n) is 6.52. The standard InChI is InChI=1S/C21H28O3/c1-21(2)17-9-8-15(22)12-16(17)20-18(23)10-14(11-19(20)24-21)13-6-4-3-5-7-13/h10-11,13,16-17,23H,3-9,12H2,1-2H3/t16-,17+/m0/s1. The van der Waals surface area contributed by atoms with Gasteiger partial charge in [-0.2, -0.15) is 0 Å². The zero-order chi connectivity index (χ0) is 16.9. The first-order valence-electron chi connectivity index (χ1n) is 9.53. The molecule has 1 aromatic carbocycles. The van der Waals surface area contributed by atoms with Crippen LogP contribution in [-0.4, -0.2) is 16.5 Å². The monoisotopic (exact) mass is 328 g/mol. The van der Waals surface area contributed by atoms with E-state index in [1.807, 2.05) is 6.07 Å². The lowest BCUT2D eigenvalue weighted by Gasteiger charge is -2.47. The predicted octanol–water partition coefficient (Wildman–Crippen LogP) is 5.06. The van der Waals surface area contributed by atoms with Gasteiger partial charge in [0.25, 0.3) is 0 Å². The maximum Gasteiger partial charge on any atom is 0.133 e. The van der Waals surface area contributed by atoms with Crippen molar-refractivity contribution in [2.45, 2.75) is 82.7 Å². The summed E-state index contributed by atoms with van der Waals surface area (Å²) in [6, 6.07) is 4.11. The van der Waals surface area contributed by atoms with Gasteiger partial charge in [0.15, 0.2) is 0 Å². The molecule has 3 aliphatic rings. The molecule has 3 nitrogen and oxygen atoms in total. The smallest absolute Gasteiger partial charge is 0.133 e. The molecule has 0 amide bonds. The van der Waals surface area contributed by atoms with Crippen LogP contribution in [0.15, 0.2) is 12.1 Å². The number of ketones is 1. The Kier molecular flexibility index (Phi) is 3.85. The highest BCUT2D eigenvalue weighted by molar-refractivity contribution is 5.81. The van der Waals surface area contributed by atoms with Crippen LogP contribution in [0.1, 0.15) is 88.2 Å². The molecule has 0 saturated heterocycles. The van der Waals surface area contributed by atoms with E-state index in [2.05, 4.69) is 19.9 Å². The molecule has 1 heterocycles. The minimum Gasteiger partial charge on any atom is -0.508 e. The van der Waals surface area contributed by atoms with E-state index in [9.17, 15) is 9.90 Å². The third kappa shape index (κ3) is 2.62. The number of Topliss-reactive ketones (excluding diaryl/α,β-unsaturated/α-hetero) is 1. The fourth-order valence-corrected chi connectivity index (χ4v) is 5.26. The van der Waals surface area contributed by atoms with Crippen molar-refractivity contribution in [3.63, 3.8) is 0 Å². The number of ether oxygens (including phenoxy) is 1. The van der Waals surface area contributed by atoms with Gasteiger partial charge in [-0.15, -0.1) is 0 Å². The fraction of sp³-hybridized carbons (Fsp3) is 0.667. The summed E-state index contributed by atoms with van der Waals surface area (Å²) in [5.74, 6) is 2.41. The van der Waals surface area contributed by atoms with Crippen LogP contribution in [0.2, 0.25) is 0 Å². The first kappa shape index (κ1) is 16.0. The van der Waals surface area contributed by atoms with Crippen LogP contribution in [-0.2, 0) is 4.79 Å². The number of hydrogen-bond donors (Lipinski definition) is 1. The van der Waals surface area contributed by atoms with Gasteiger partial charge in [0.05, 0.1) is 0 Å². The minimum absolute atomic E-state index is 0.102. The summed E-state index contributed by atoms with van der Waals surface area (Å²) in [5.41, 5.74) is 1.81. The molecule has 2 atom stereocenters. The van der Waals surface area contributed by atoms with Crippen LogP contribution >= 0.6 is 0 Å². The fourth-order valence-electron chi connectivity index (χ4n) is 5.26. The van der Waals surface area contributed by atoms with Gasteiger partial charge in [0, 0.05) is 30.2 Å². The van der Waals surface area contributed by atoms with Gasteiger partial charge in [-0.05, 0) is 56.7 Å². The quantitative estimate of drug-likeness (QED) is 0.783. The Bertz CT molecular complexity index is 655. The van der Waals surface area contributed by atoms with E-state index in [4.69, 9.17) is 4.74 Å². The summed E-state index contributed by atoms with van der Waals surface area (Å²) < 4.78 is 6.37. The SMILES string of the molecule is CC1(C)Oc2cc(C3CCCCC3)cc(O)c2[C@H]2CC(=O)CC[C@H]21. The Labute approximate surface area is 144 Å². The lowest BCUT2D eigenvalue weighted by Crippen LogP contribution is -2.47. The van der Waals surface area contributed by atoms with Crippen LogP contribution in [0.3, 0.4) is 0 Å². The van der Waals surface area contributed by atoms with Gasteiger partial charge >= 0.3 is 0 Å². The number of phenols is 1. The molecule has 4 rings (SSSR count). The van der Waals surface area contributed by atoms with Crippen LogP contribution in [0.4, 0.5) is 0 Å². The molecule has 0 aromatic heterocycles. The topological polar surface area (TPSA) is 46.5 Å². The largest absolute Gasteiger partial charge is 0.508 e. The molecule has 3 heteroatoms. The average Bonchev–Trinajstić information content (AvgIpc) is 2.54. The van der Waals surface area contributed by atoms with Crippen LogP contribution in [0.25, 0.3) is 0 Å². The Morgan fingerprint density at radius 3 is 2.62 bits per heavy atom. The third-order valence-corrected chi connectivity index (χ3v) is 6.52. The molecule has 1 N–H and O–H groups in total. The van der Waals surface area contributed by atoms with Crippen molar-refractivity contribution in [1.29, 1.82) is 0 Å². The number of aromatic hydroxyl groups is 1. The number of hydrogen-bond acceptors (Lipinski definition) is 3. The van der Waals surface area contributed by atoms with E-state index in [-0.39, 0.29) is 11.5 Å². The first-order chi connectivity index (χ1) is 11.5. The molecule has 130 valence electrons. The number of phenolic OH excluding ortho intramolecular Hbond substituents is 1. The Balaban J connectivity index is 1.75. The van der Waals surface area contributed by atoms with Crippen LogP contribution in [0, 0.1) is 5.92 Å². The van der Waals surface area contributed by atoms with E-state index < -0.39 is 0 Å². The first-order valence-corrected chi connectivity index (χ1v) is 9.53. The maximum absolute atomic E-state index is 12.0. The molecule has 2 fully saturated rings. The molecule has 0 spiro atoms. The van der Waals surface area contributed by atoms with E-state index in [0.29, 0.717) is 36.2 Å². The highest BCUT2D eigenvalue weighted by Gasteiger charge is 2.47. The van der Waals surface area contributed by atoms with Crippen molar-refractivity contribution < 1.29 is 14.6 Å². The van der Waals surface area contributed by atoms with Gasteiger partial charge in [0.2, 0.25) is 0 Å². The number of fused-ring (bicyclic) bond motifs is 3. The van der Waals surface area contributed by atoms with Crippen molar-refractivity contribution in [2.75, 3.05) is 0 Å². The number of rotatable bonds is 1. The summed E-state index contributed by atoms with van der Waals surface area (Å²) in [6.07, 6.45) is 8.31. The van der Waals surface area contributed by atoms with Gasteiger partial charge in [0.1, 0.15) is 22.9 Å². The summed E-state index contributed by atoms with van der Waals surface area (Å²) >= 11 is 0. The summed E-state index contributed by atoms with van der Waals surface area (Å²) in [6.45, 7) is 4.27. The maximum atomic E-state index is 12.0. The van der Waals surface area contributed by atoms with E-state index in [1.165, 1.54) is 37.7 Å². The van der Waals surface area contributed by atoms with E-state index in [0.717, 1.165) is 17.7 Å². The zero-order valence-corrected chi connectivity index (χ0v) is 14.8. The second-order valence-electron chi connectivity index (χ2n) is 8.49. The molecular weight excluding hydrogens is 300 g/mol. The molecule has 2 aliphatic carbocycles. The Morgan fingerprint density at radius 1 is 1.12 bits per heavy atom. The van der Waals surface area contributed by atoms with Crippen molar-refractivity contribution >= 4 is 5.78 Å². The summed E-state index contributed by atoms with van der Waals surface area (Å²) in [5, 5.41) is 10.8. The van der Waals surface area contributed by atoms with E-state index in [1.54, 1.807) is 0 Å². The van der Waals surface area contributed by atoms with Gasteiger partial charge in [-0.1, -0.05) is 19.3 Å². The number of benzene rings is 1. The normalized spacial score (nSPS) is 29.5. The number of carbonyl (C=O) groups is 1. The molecule has 24 heavy (non-hydrogen) atoms. The zero-order valence-electron chi connectivity index (χ0n) is 14.8. The second kappa shape index (κ2) is 5.79. The van der Waals surface area contributed by atoms with Gasteiger partial charge < -0.3 is 9.84 Å². The molecule has 0 bridgehead atoms. The minimum atomic E-state index is -0.282. The molecule has 1 aliphatic heterocycles. The molecular formula is C21H28O3. The molecule has 0 radical (unpaired) electrons. The lowest BCUT2D eigenvalue weighted by atomic mass is 9.66. The summed E-state index contributed by atoms with van der Waals surface area (Å²) in [4.78, 5) is 12.0. The Morgan fingerprint density at radius 2 is 1.88 bits per heavy atom. The molecule has 2 saturated carbocycles. The van der Waals surface area contributed by atoms with Crippen molar-refractivity contribution in [2.24, 2.45) is 5.92 Å². The number of carbonyl (C=O) groups excluding carboxylic acids is 1. The lowest BCUT2D eigenvalue weighted by molar-refractivity contribution is -0.124. The second-order valence-corrected chi connectivity index (χ2v) is 8.49. The molecule has 1 aromatic rings.